The van der Waals surface area contributed by atoms with Gasteiger partial charge in [-0.2, -0.15) is 5.10 Å². The second-order valence-electron chi connectivity index (χ2n) is 5.85. The van der Waals surface area contributed by atoms with Gasteiger partial charge in [-0.1, -0.05) is 38.8 Å². The molecule has 1 aromatic heterocycles. The van der Waals surface area contributed by atoms with Gasteiger partial charge in [-0.05, 0) is 37.9 Å². The van der Waals surface area contributed by atoms with Crippen LogP contribution in [-0.2, 0) is 6.54 Å². The monoisotopic (exact) mass is 359 g/mol. The summed E-state index contributed by atoms with van der Waals surface area (Å²) >= 11 is 11.4. The van der Waals surface area contributed by atoms with Crippen LogP contribution >= 0.6 is 23.8 Å². The maximum Gasteiger partial charge on any atom is 0.274 e. The molecule has 0 saturated heterocycles. The van der Waals surface area contributed by atoms with E-state index in [9.17, 15) is 4.79 Å². The Morgan fingerprint density at radius 2 is 2.09 bits per heavy atom. The van der Waals surface area contributed by atoms with E-state index < -0.39 is 0 Å². The highest BCUT2D eigenvalue weighted by Gasteiger charge is 2.20. The molecule has 0 spiro atoms. The van der Waals surface area contributed by atoms with Crippen LogP contribution in [0.2, 0.25) is 5.15 Å². The highest BCUT2D eigenvalue weighted by Crippen LogP contribution is 2.20. The molecule has 0 aliphatic rings. The number of carbonyl (C=O) groups is 1. The zero-order chi connectivity index (χ0) is 17.4. The van der Waals surface area contributed by atoms with Crippen molar-refractivity contribution in [2.45, 2.75) is 53.5 Å². The molecule has 23 heavy (non-hydrogen) atoms. The van der Waals surface area contributed by atoms with Crippen LogP contribution in [0.1, 0.15) is 56.1 Å². The van der Waals surface area contributed by atoms with Crippen molar-refractivity contribution in [2.75, 3.05) is 6.54 Å². The summed E-state index contributed by atoms with van der Waals surface area (Å²) in [5.74, 6) is 0.249. The summed E-state index contributed by atoms with van der Waals surface area (Å²) in [7, 11) is 0. The number of nitrogens with zero attached hydrogens (tertiary/aromatic N) is 2. The zero-order valence-corrected chi connectivity index (χ0v) is 15.8. The Bertz CT molecular complexity index is 544. The van der Waals surface area contributed by atoms with Crippen molar-refractivity contribution in [2.24, 2.45) is 5.92 Å². The molecule has 0 aromatic carbocycles. The summed E-state index contributed by atoms with van der Waals surface area (Å²) in [6.45, 7) is 9.60. The summed E-state index contributed by atoms with van der Waals surface area (Å²) < 4.78 is 1.66. The smallest absolute Gasteiger partial charge is 0.274 e. The van der Waals surface area contributed by atoms with E-state index in [1.165, 1.54) is 0 Å². The van der Waals surface area contributed by atoms with Crippen LogP contribution in [-0.4, -0.2) is 27.3 Å². The van der Waals surface area contributed by atoms with E-state index in [-0.39, 0.29) is 5.91 Å². The van der Waals surface area contributed by atoms with Crippen LogP contribution in [0.15, 0.2) is 0 Å². The number of hydrogen-bond acceptors (Lipinski definition) is 3. The van der Waals surface area contributed by atoms with E-state index in [0.717, 1.165) is 25.8 Å². The van der Waals surface area contributed by atoms with Gasteiger partial charge in [0.25, 0.3) is 5.91 Å². The van der Waals surface area contributed by atoms with Gasteiger partial charge in [0, 0.05) is 13.1 Å². The summed E-state index contributed by atoms with van der Waals surface area (Å²) in [6.07, 6.45) is 3.00. The van der Waals surface area contributed by atoms with E-state index in [2.05, 4.69) is 42.0 Å². The molecule has 0 unspecified atom stereocenters. The van der Waals surface area contributed by atoms with Crippen molar-refractivity contribution < 1.29 is 4.79 Å². The first-order valence-corrected chi connectivity index (χ1v) is 8.72. The van der Waals surface area contributed by atoms with Gasteiger partial charge in [-0.3, -0.25) is 20.3 Å². The molecule has 3 N–H and O–H groups in total. The van der Waals surface area contributed by atoms with Crippen LogP contribution in [0, 0.1) is 12.8 Å². The van der Waals surface area contributed by atoms with Crippen LogP contribution in [0.3, 0.4) is 0 Å². The minimum absolute atomic E-state index is 0.344. The Kier molecular flexibility index (Phi) is 8.33. The SMILES string of the molecule is CCCCn1nc(C)c(C(=O)NNC(=S)NCCC(C)C)c1Cl. The maximum atomic E-state index is 12.3. The standard InChI is InChI=1S/C15H26ClN5OS/c1-5-6-9-21-13(16)12(11(4)20-21)14(22)18-19-15(23)17-8-7-10(2)3/h10H,5-9H2,1-4H3,(H,18,22)(H2,17,19,23). The molecule has 6 nitrogen and oxygen atoms in total. The summed E-state index contributed by atoms with van der Waals surface area (Å²) in [5, 5.41) is 8.08. The Balaban J connectivity index is 2.54. The van der Waals surface area contributed by atoms with Gasteiger partial charge in [0.2, 0.25) is 0 Å². The number of thiocarbonyl (C=S) groups is 1. The molecule has 0 aliphatic heterocycles. The molecule has 1 heterocycles. The number of amides is 1. The Labute approximate surface area is 148 Å². The molecule has 0 bridgehead atoms. The first kappa shape index (κ1) is 19.7. The van der Waals surface area contributed by atoms with Gasteiger partial charge in [-0.25, -0.2) is 0 Å². The number of hydrazine groups is 1. The summed E-state index contributed by atoms with van der Waals surface area (Å²) in [6, 6.07) is 0. The quantitative estimate of drug-likeness (QED) is 0.516. The average molecular weight is 360 g/mol. The van der Waals surface area contributed by atoms with E-state index in [4.69, 9.17) is 23.8 Å². The highest BCUT2D eigenvalue weighted by atomic mass is 35.5. The van der Waals surface area contributed by atoms with Crippen molar-refractivity contribution >= 4 is 34.8 Å². The average Bonchev–Trinajstić information content (AvgIpc) is 2.76. The molecule has 1 rings (SSSR count). The Hall–Kier alpha value is -1.34. The van der Waals surface area contributed by atoms with Gasteiger partial charge < -0.3 is 5.32 Å². The molecular formula is C15H26ClN5OS. The molecule has 0 aliphatic carbocycles. The number of unbranched alkanes of at least 4 members (excludes halogenated alkanes) is 1. The minimum Gasteiger partial charge on any atom is -0.361 e. The summed E-state index contributed by atoms with van der Waals surface area (Å²) in [4.78, 5) is 12.3. The number of nitrogens with one attached hydrogen (secondary N) is 3. The number of aryl methyl sites for hydroxylation is 2. The lowest BCUT2D eigenvalue weighted by Gasteiger charge is -2.12. The largest absolute Gasteiger partial charge is 0.361 e. The lowest BCUT2D eigenvalue weighted by atomic mass is 10.1. The van der Waals surface area contributed by atoms with E-state index in [1.807, 2.05) is 0 Å². The van der Waals surface area contributed by atoms with Crippen LogP contribution in [0.4, 0.5) is 0 Å². The lowest BCUT2D eigenvalue weighted by molar-refractivity contribution is 0.0943. The lowest BCUT2D eigenvalue weighted by Crippen LogP contribution is -2.47. The molecule has 1 aromatic rings. The second kappa shape index (κ2) is 9.72. The molecule has 1 amide bonds. The molecule has 130 valence electrons. The van der Waals surface area contributed by atoms with Gasteiger partial charge in [0.15, 0.2) is 5.11 Å². The van der Waals surface area contributed by atoms with Crippen molar-refractivity contribution in [3.8, 4) is 0 Å². The first-order valence-electron chi connectivity index (χ1n) is 7.93. The molecule has 8 heteroatoms. The number of carbonyl (C=O) groups excluding carboxylic acids is 1. The fourth-order valence-electron chi connectivity index (χ4n) is 1.96. The first-order chi connectivity index (χ1) is 10.9. The van der Waals surface area contributed by atoms with E-state index in [0.29, 0.717) is 34.0 Å². The topological polar surface area (TPSA) is 71.0 Å². The maximum absolute atomic E-state index is 12.3. The molecule has 0 saturated carbocycles. The third-order valence-electron chi connectivity index (χ3n) is 3.31. The molecule has 0 atom stereocenters. The number of rotatable bonds is 7. The van der Waals surface area contributed by atoms with Crippen LogP contribution in [0.5, 0.6) is 0 Å². The van der Waals surface area contributed by atoms with Gasteiger partial charge in [0.05, 0.1) is 5.69 Å². The van der Waals surface area contributed by atoms with Gasteiger partial charge >= 0.3 is 0 Å². The Morgan fingerprint density at radius 1 is 1.39 bits per heavy atom. The van der Waals surface area contributed by atoms with Crippen molar-refractivity contribution in [3.63, 3.8) is 0 Å². The predicted octanol–water partition coefficient (Wildman–Crippen LogP) is 2.80. The number of halogens is 1. The third kappa shape index (κ3) is 6.35. The van der Waals surface area contributed by atoms with E-state index >= 15 is 0 Å². The third-order valence-corrected chi connectivity index (χ3v) is 3.94. The van der Waals surface area contributed by atoms with Crippen molar-refractivity contribution in [3.05, 3.63) is 16.4 Å². The van der Waals surface area contributed by atoms with Crippen molar-refractivity contribution in [1.82, 2.24) is 25.9 Å². The molecular weight excluding hydrogens is 334 g/mol. The van der Waals surface area contributed by atoms with Gasteiger partial charge in [-0.15, -0.1) is 0 Å². The minimum atomic E-state index is -0.344. The van der Waals surface area contributed by atoms with E-state index in [1.54, 1.807) is 11.6 Å². The fraction of sp³-hybridized carbons (Fsp3) is 0.667. The predicted molar refractivity (Wildman–Crippen MR) is 97.5 cm³/mol. The molecule has 0 radical (unpaired) electrons. The normalized spacial score (nSPS) is 10.7. The molecule has 0 fully saturated rings. The van der Waals surface area contributed by atoms with Crippen molar-refractivity contribution in [1.29, 1.82) is 0 Å². The van der Waals surface area contributed by atoms with Gasteiger partial charge in [0.1, 0.15) is 10.7 Å². The number of aromatic nitrogens is 2. The summed E-state index contributed by atoms with van der Waals surface area (Å²) in [5.41, 5.74) is 6.22. The Morgan fingerprint density at radius 3 is 2.70 bits per heavy atom. The van der Waals surface area contributed by atoms with Crippen LogP contribution < -0.4 is 16.2 Å². The zero-order valence-electron chi connectivity index (χ0n) is 14.2. The second-order valence-corrected chi connectivity index (χ2v) is 6.61. The number of hydrogen-bond donors (Lipinski definition) is 3. The fourth-order valence-corrected chi connectivity index (χ4v) is 2.46. The highest BCUT2D eigenvalue weighted by molar-refractivity contribution is 7.80. The van der Waals surface area contributed by atoms with Crippen LogP contribution in [0.25, 0.3) is 0 Å².